The average molecular weight is 382 g/mol. The van der Waals surface area contributed by atoms with Gasteiger partial charge in [0.15, 0.2) is 17.5 Å². The van der Waals surface area contributed by atoms with Crippen molar-refractivity contribution in [3.63, 3.8) is 0 Å². The summed E-state index contributed by atoms with van der Waals surface area (Å²) >= 11 is 0. The summed E-state index contributed by atoms with van der Waals surface area (Å²) in [6.45, 7) is 3.75. The number of pyridine rings is 1. The molecule has 0 radical (unpaired) electrons. The lowest BCUT2D eigenvalue weighted by molar-refractivity contribution is 0.171. The fourth-order valence-electron chi connectivity index (χ4n) is 3.50. The Hall–Kier alpha value is -2.96. The van der Waals surface area contributed by atoms with Crippen molar-refractivity contribution in [2.75, 3.05) is 39.9 Å². The molecule has 28 heavy (non-hydrogen) atoms. The Balaban J connectivity index is 1.26. The van der Waals surface area contributed by atoms with E-state index in [1.165, 1.54) is 5.56 Å². The number of likely N-dealkylation sites (tertiary alicyclic amines) is 1. The Kier molecular flexibility index (Phi) is 5.80. The predicted molar refractivity (Wildman–Crippen MR) is 107 cm³/mol. The van der Waals surface area contributed by atoms with Gasteiger partial charge in [0.2, 0.25) is 5.88 Å². The maximum atomic E-state index is 5.97. The lowest BCUT2D eigenvalue weighted by Gasteiger charge is -2.22. The van der Waals surface area contributed by atoms with Gasteiger partial charge in [-0.3, -0.25) is 4.99 Å². The van der Waals surface area contributed by atoms with Gasteiger partial charge in [-0.1, -0.05) is 12.1 Å². The van der Waals surface area contributed by atoms with Crippen molar-refractivity contribution in [3.8, 4) is 17.4 Å². The van der Waals surface area contributed by atoms with Crippen LogP contribution >= 0.6 is 0 Å². The van der Waals surface area contributed by atoms with E-state index in [0.29, 0.717) is 19.1 Å². The molecule has 1 unspecified atom stereocenters. The molecule has 0 spiro atoms. The molecule has 1 aromatic carbocycles. The third kappa shape index (κ3) is 4.47. The Bertz CT molecular complexity index is 813. The van der Waals surface area contributed by atoms with E-state index in [1.54, 1.807) is 6.20 Å². The van der Waals surface area contributed by atoms with Gasteiger partial charge in [-0.2, -0.15) is 0 Å². The van der Waals surface area contributed by atoms with E-state index < -0.39 is 0 Å². The summed E-state index contributed by atoms with van der Waals surface area (Å²) < 4.78 is 17.2. The second-order valence-corrected chi connectivity index (χ2v) is 6.84. The number of nitrogens with zero attached hydrogens (tertiary/aromatic N) is 3. The molecule has 1 saturated heterocycles. The highest BCUT2D eigenvalue weighted by Gasteiger charge is 2.26. The highest BCUT2D eigenvalue weighted by molar-refractivity contribution is 5.80. The van der Waals surface area contributed by atoms with Gasteiger partial charge in [0.25, 0.3) is 0 Å². The first-order chi connectivity index (χ1) is 13.8. The van der Waals surface area contributed by atoms with E-state index in [4.69, 9.17) is 14.2 Å². The van der Waals surface area contributed by atoms with Crippen LogP contribution in [-0.4, -0.2) is 61.8 Å². The molecule has 4 rings (SSSR count). The van der Waals surface area contributed by atoms with Crippen molar-refractivity contribution in [1.82, 2.24) is 15.2 Å². The molecule has 7 nitrogen and oxygen atoms in total. The Morgan fingerprint density at radius 2 is 2.14 bits per heavy atom. The van der Waals surface area contributed by atoms with E-state index in [1.807, 2.05) is 31.3 Å². The average Bonchev–Trinajstić information content (AvgIpc) is 3.20. The molecule has 3 heterocycles. The molecule has 1 fully saturated rings. The Morgan fingerprint density at radius 1 is 1.25 bits per heavy atom. The van der Waals surface area contributed by atoms with Crippen LogP contribution in [0.1, 0.15) is 12.0 Å². The van der Waals surface area contributed by atoms with E-state index in [0.717, 1.165) is 49.9 Å². The topological polar surface area (TPSA) is 68.2 Å². The van der Waals surface area contributed by atoms with Gasteiger partial charge < -0.3 is 24.4 Å². The molecule has 0 saturated carbocycles. The third-order valence-corrected chi connectivity index (χ3v) is 4.88. The zero-order valence-electron chi connectivity index (χ0n) is 16.1. The molecule has 0 aliphatic carbocycles. The summed E-state index contributed by atoms with van der Waals surface area (Å²) in [5, 5.41) is 3.46. The van der Waals surface area contributed by atoms with Crippen molar-refractivity contribution in [1.29, 1.82) is 0 Å². The predicted octanol–water partition coefficient (Wildman–Crippen LogP) is 2.12. The van der Waals surface area contributed by atoms with Crippen molar-refractivity contribution < 1.29 is 14.2 Å². The molecule has 0 bridgehead atoms. The molecule has 1 atom stereocenters. The fraction of sp³-hybridized carbons (Fsp3) is 0.429. The minimum atomic E-state index is 0.131. The summed E-state index contributed by atoms with van der Waals surface area (Å²) in [7, 11) is 1.82. The molecule has 7 heteroatoms. The molecule has 1 N–H and O–H groups in total. The Morgan fingerprint density at radius 3 is 2.96 bits per heavy atom. The molecule has 148 valence electrons. The van der Waals surface area contributed by atoms with E-state index >= 15 is 0 Å². The van der Waals surface area contributed by atoms with Gasteiger partial charge in [0.1, 0.15) is 19.3 Å². The van der Waals surface area contributed by atoms with Crippen LogP contribution in [0.2, 0.25) is 0 Å². The first kappa shape index (κ1) is 18.4. The minimum Gasteiger partial charge on any atom is -0.486 e. The molecule has 2 aromatic rings. The number of aliphatic imine (C=N–C) groups is 1. The summed E-state index contributed by atoms with van der Waals surface area (Å²) in [6.07, 6.45) is 3.73. The third-order valence-electron chi connectivity index (χ3n) is 4.88. The normalized spacial score (nSPS) is 18.8. The zero-order chi connectivity index (χ0) is 19.2. The van der Waals surface area contributed by atoms with Crippen LogP contribution < -0.4 is 19.5 Å². The second-order valence-electron chi connectivity index (χ2n) is 6.84. The van der Waals surface area contributed by atoms with Gasteiger partial charge in [-0.15, -0.1) is 0 Å². The number of benzene rings is 1. The second kappa shape index (κ2) is 8.82. The van der Waals surface area contributed by atoms with Crippen LogP contribution in [-0.2, 0) is 6.42 Å². The smallest absolute Gasteiger partial charge is 0.213 e. The number of hydrogen-bond donors (Lipinski definition) is 1. The van der Waals surface area contributed by atoms with Crippen LogP contribution in [0.5, 0.6) is 17.4 Å². The minimum absolute atomic E-state index is 0.131. The van der Waals surface area contributed by atoms with Crippen LogP contribution in [0.4, 0.5) is 0 Å². The van der Waals surface area contributed by atoms with E-state index in [9.17, 15) is 0 Å². The number of hydrogen-bond acceptors (Lipinski definition) is 5. The van der Waals surface area contributed by atoms with Crippen LogP contribution in [0, 0.1) is 0 Å². The van der Waals surface area contributed by atoms with Crippen LogP contribution in [0.3, 0.4) is 0 Å². The standard InChI is InChI=1S/C21H26N4O3/c1-22-21(25-11-8-17(15-25)28-20-4-2-3-9-23-20)24-10-7-16-5-6-18-19(14-16)27-13-12-26-18/h2-6,9,14,17H,7-8,10-13,15H2,1H3,(H,22,24). The molecular formula is C21H26N4O3. The maximum Gasteiger partial charge on any atom is 0.213 e. The van der Waals surface area contributed by atoms with Crippen molar-refractivity contribution in [2.45, 2.75) is 18.9 Å². The highest BCUT2D eigenvalue weighted by atomic mass is 16.6. The van der Waals surface area contributed by atoms with Gasteiger partial charge in [-0.25, -0.2) is 4.98 Å². The van der Waals surface area contributed by atoms with Gasteiger partial charge in [0, 0.05) is 38.8 Å². The maximum absolute atomic E-state index is 5.97. The zero-order valence-corrected chi connectivity index (χ0v) is 16.1. The quantitative estimate of drug-likeness (QED) is 0.631. The van der Waals surface area contributed by atoms with E-state index in [-0.39, 0.29) is 6.10 Å². The Labute approximate surface area is 165 Å². The molecule has 1 aromatic heterocycles. The van der Waals surface area contributed by atoms with E-state index in [2.05, 4.69) is 32.3 Å². The van der Waals surface area contributed by atoms with Crippen LogP contribution in [0.15, 0.2) is 47.6 Å². The largest absolute Gasteiger partial charge is 0.486 e. The molecule has 0 amide bonds. The highest BCUT2D eigenvalue weighted by Crippen LogP contribution is 2.30. The SMILES string of the molecule is CN=C(NCCc1ccc2c(c1)OCCO2)N1CCC(Oc2ccccn2)C1. The lowest BCUT2D eigenvalue weighted by Crippen LogP contribution is -2.41. The number of guanidine groups is 1. The first-order valence-corrected chi connectivity index (χ1v) is 9.73. The number of aromatic nitrogens is 1. The van der Waals surface area contributed by atoms with Gasteiger partial charge >= 0.3 is 0 Å². The first-order valence-electron chi connectivity index (χ1n) is 9.73. The van der Waals surface area contributed by atoms with Crippen molar-refractivity contribution in [3.05, 3.63) is 48.2 Å². The monoisotopic (exact) mass is 382 g/mol. The summed E-state index contributed by atoms with van der Waals surface area (Å²) in [5.74, 6) is 3.25. The number of rotatable bonds is 5. The molecule has 2 aliphatic heterocycles. The van der Waals surface area contributed by atoms with Crippen LogP contribution in [0.25, 0.3) is 0 Å². The summed E-state index contributed by atoms with van der Waals surface area (Å²) in [4.78, 5) is 10.9. The van der Waals surface area contributed by atoms with Crippen molar-refractivity contribution >= 4 is 5.96 Å². The number of nitrogens with one attached hydrogen (secondary N) is 1. The summed E-state index contributed by atoms with van der Waals surface area (Å²) in [6, 6.07) is 11.9. The van der Waals surface area contributed by atoms with Crippen molar-refractivity contribution in [2.24, 2.45) is 4.99 Å². The fourth-order valence-corrected chi connectivity index (χ4v) is 3.50. The lowest BCUT2D eigenvalue weighted by atomic mass is 10.1. The molecule has 2 aliphatic rings. The van der Waals surface area contributed by atoms with Gasteiger partial charge in [0.05, 0.1) is 6.54 Å². The number of ether oxygens (including phenoxy) is 3. The molecular weight excluding hydrogens is 356 g/mol. The van der Waals surface area contributed by atoms with Gasteiger partial charge in [-0.05, 0) is 30.2 Å². The summed E-state index contributed by atoms with van der Waals surface area (Å²) in [5.41, 5.74) is 1.21. The number of fused-ring (bicyclic) bond motifs is 1.